The van der Waals surface area contributed by atoms with E-state index in [0.717, 1.165) is 14.9 Å². The van der Waals surface area contributed by atoms with Gasteiger partial charge in [0.1, 0.15) is 5.75 Å². The van der Waals surface area contributed by atoms with Crippen LogP contribution in [-0.4, -0.2) is 21.0 Å². The number of hydrogen-bond acceptors (Lipinski definition) is 8. The number of hydrogen-bond donors (Lipinski definition) is 1. The molecule has 30 heavy (non-hydrogen) atoms. The highest BCUT2D eigenvalue weighted by molar-refractivity contribution is 8.01. The molecule has 2 heterocycles. The molecule has 4 aromatic rings. The highest BCUT2D eigenvalue weighted by Crippen LogP contribution is 2.31. The van der Waals surface area contributed by atoms with Crippen LogP contribution in [0.1, 0.15) is 27.8 Å². The monoisotopic (exact) mass is 438 g/mol. The van der Waals surface area contributed by atoms with Gasteiger partial charge in [-0.2, -0.15) is 4.98 Å². The summed E-state index contributed by atoms with van der Waals surface area (Å²) in [6.07, 6.45) is 0. The van der Waals surface area contributed by atoms with Crippen molar-refractivity contribution in [3.05, 3.63) is 76.9 Å². The van der Waals surface area contributed by atoms with Crippen molar-refractivity contribution in [2.75, 3.05) is 5.32 Å². The average Bonchev–Trinajstić information content (AvgIpc) is 3.35. The minimum absolute atomic E-state index is 0.115. The summed E-state index contributed by atoms with van der Waals surface area (Å²) >= 11 is 3.21. The lowest BCUT2D eigenvalue weighted by molar-refractivity contribution is 0.102. The topological polar surface area (TPSA) is 90.1 Å². The fourth-order valence-corrected chi connectivity index (χ4v) is 4.42. The Labute approximate surface area is 181 Å². The van der Waals surface area contributed by atoms with Gasteiger partial charge in [-0.1, -0.05) is 29.1 Å². The minimum Gasteiger partial charge on any atom is -0.485 e. The van der Waals surface area contributed by atoms with Crippen molar-refractivity contribution in [1.82, 2.24) is 15.1 Å². The van der Waals surface area contributed by atoms with Gasteiger partial charge >= 0.3 is 0 Å². The van der Waals surface area contributed by atoms with E-state index in [-0.39, 0.29) is 12.5 Å². The van der Waals surface area contributed by atoms with E-state index >= 15 is 0 Å². The summed E-state index contributed by atoms with van der Waals surface area (Å²) in [5.41, 5.74) is 2.14. The third-order valence-electron chi connectivity index (χ3n) is 3.97. The molecule has 0 aliphatic rings. The van der Waals surface area contributed by atoms with Crippen LogP contribution in [0, 0.1) is 13.8 Å². The second kappa shape index (κ2) is 9.10. The first-order chi connectivity index (χ1) is 14.6. The molecule has 0 unspecified atom stereocenters. The lowest BCUT2D eigenvalue weighted by Gasteiger charge is -2.11. The molecule has 9 heteroatoms. The molecule has 0 bridgehead atoms. The zero-order chi connectivity index (χ0) is 20.9. The number of ether oxygens (including phenoxy) is 1. The normalized spacial score (nSPS) is 10.7. The molecule has 0 saturated carbocycles. The largest absolute Gasteiger partial charge is 0.485 e. The number of carbonyl (C=O) groups is 1. The number of carbonyl (C=O) groups excluding carboxylic acids is 1. The molecular weight excluding hydrogens is 420 g/mol. The molecule has 4 rings (SSSR count). The van der Waals surface area contributed by atoms with Crippen molar-refractivity contribution in [2.45, 2.75) is 29.7 Å². The molecule has 0 aliphatic carbocycles. The van der Waals surface area contributed by atoms with E-state index in [4.69, 9.17) is 9.26 Å². The molecular formula is C21H18N4O3S2. The Morgan fingerprint density at radius 2 is 1.93 bits per heavy atom. The third kappa shape index (κ3) is 5.05. The Hall–Kier alpha value is -3.17. The zero-order valence-electron chi connectivity index (χ0n) is 16.3. The van der Waals surface area contributed by atoms with Crippen molar-refractivity contribution in [3.8, 4) is 5.75 Å². The predicted octanol–water partition coefficient (Wildman–Crippen LogP) is 5.13. The lowest BCUT2D eigenvalue weighted by atomic mass is 10.2. The van der Waals surface area contributed by atoms with Gasteiger partial charge < -0.3 is 14.6 Å². The smallest absolute Gasteiger partial charge is 0.259 e. The molecule has 1 amide bonds. The van der Waals surface area contributed by atoms with E-state index in [0.29, 0.717) is 28.7 Å². The first kappa shape index (κ1) is 20.1. The van der Waals surface area contributed by atoms with Gasteiger partial charge in [-0.05, 0) is 43.3 Å². The fourth-order valence-electron chi connectivity index (χ4n) is 2.61. The first-order valence-corrected chi connectivity index (χ1v) is 10.8. The number of amides is 1. The molecule has 0 aliphatic heterocycles. The molecule has 2 aromatic heterocycles. The Morgan fingerprint density at radius 1 is 1.13 bits per heavy atom. The standard InChI is InChI=1S/C21H18N4O3S2/c1-13-12-29-21(22-13)30-16-9-7-15(8-10-16)24-20(26)17-5-3-4-6-18(17)27-11-19-23-14(2)28-25-19/h3-10,12H,11H2,1-2H3,(H,24,26). The van der Waals surface area contributed by atoms with Crippen molar-refractivity contribution in [3.63, 3.8) is 0 Å². The summed E-state index contributed by atoms with van der Waals surface area (Å²) in [6.45, 7) is 3.80. The number of anilines is 1. The Kier molecular flexibility index (Phi) is 6.10. The number of thiazole rings is 1. The number of nitrogens with one attached hydrogen (secondary N) is 1. The molecule has 152 valence electrons. The van der Waals surface area contributed by atoms with Gasteiger partial charge in [-0.3, -0.25) is 4.79 Å². The fraction of sp³-hybridized carbons (Fsp3) is 0.143. The highest BCUT2D eigenvalue weighted by Gasteiger charge is 2.14. The van der Waals surface area contributed by atoms with Crippen LogP contribution in [-0.2, 0) is 6.61 Å². The number of rotatable bonds is 7. The van der Waals surface area contributed by atoms with Gasteiger partial charge in [-0.15, -0.1) is 11.3 Å². The molecule has 0 fully saturated rings. The van der Waals surface area contributed by atoms with Gasteiger partial charge in [0.15, 0.2) is 10.9 Å². The Morgan fingerprint density at radius 3 is 2.63 bits per heavy atom. The quantitative estimate of drug-likeness (QED) is 0.428. The molecule has 0 radical (unpaired) electrons. The number of aromatic nitrogens is 3. The maximum atomic E-state index is 12.8. The molecule has 0 saturated heterocycles. The molecule has 7 nitrogen and oxygen atoms in total. The maximum Gasteiger partial charge on any atom is 0.259 e. The van der Waals surface area contributed by atoms with Crippen LogP contribution >= 0.6 is 23.1 Å². The maximum absolute atomic E-state index is 12.8. The van der Waals surface area contributed by atoms with Crippen molar-refractivity contribution in [2.24, 2.45) is 0 Å². The number of aryl methyl sites for hydroxylation is 2. The number of benzene rings is 2. The van der Waals surface area contributed by atoms with Crippen LogP contribution in [0.25, 0.3) is 0 Å². The van der Waals surface area contributed by atoms with Gasteiger partial charge in [0.05, 0.1) is 5.56 Å². The van der Waals surface area contributed by atoms with E-state index in [1.54, 1.807) is 54.3 Å². The van der Waals surface area contributed by atoms with E-state index < -0.39 is 0 Å². The summed E-state index contributed by atoms with van der Waals surface area (Å²) in [7, 11) is 0. The van der Waals surface area contributed by atoms with Crippen LogP contribution in [0.2, 0.25) is 0 Å². The molecule has 0 atom stereocenters. The second-order valence-electron chi connectivity index (χ2n) is 6.35. The summed E-state index contributed by atoms with van der Waals surface area (Å²) in [5, 5.41) is 8.72. The van der Waals surface area contributed by atoms with Crippen molar-refractivity contribution < 1.29 is 14.1 Å². The van der Waals surface area contributed by atoms with Crippen LogP contribution in [0.15, 0.2) is 67.7 Å². The second-order valence-corrected chi connectivity index (χ2v) is 8.53. The van der Waals surface area contributed by atoms with Crippen molar-refractivity contribution >= 4 is 34.7 Å². The van der Waals surface area contributed by atoms with Gasteiger partial charge in [0.2, 0.25) is 11.7 Å². The minimum atomic E-state index is -0.258. The molecule has 2 aromatic carbocycles. The van der Waals surface area contributed by atoms with Crippen molar-refractivity contribution in [1.29, 1.82) is 0 Å². The zero-order valence-corrected chi connectivity index (χ0v) is 17.9. The van der Waals surface area contributed by atoms with E-state index in [9.17, 15) is 4.79 Å². The van der Waals surface area contributed by atoms with Crippen LogP contribution in [0.3, 0.4) is 0 Å². The summed E-state index contributed by atoms with van der Waals surface area (Å²) in [4.78, 5) is 22.4. The van der Waals surface area contributed by atoms with Gasteiger partial charge in [0.25, 0.3) is 5.91 Å². The molecule has 0 spiro atoms. The summed E-state index contributed by atoms with van der Waals surface area (Å²) in [5.74, 6) is 1.08. The molecule has 1 N–H and O–H groups in total. The number of nitrogens with zero attached hydrogens (tertiary/aromatic N) is 3. The first-order valence-electron chi connectivity index (χ1n) is 9.09. The van der Waals surface area contributed by atoms with E-state index in [2.05, 4.69) is 20.4 Å². The van der Waals surface area contributed by atoms with Crippen LogP contribution in [0.4, 0.5) is 5.69 Å². The van der Waals surface area contributed by atoms with Crippen LogP contribution in [0.5, 0.6) is 5.75 Å². The predicted molar refractivity (Wildman–Crippen MR) is 115 cm³/mol. The lowest BCUT2D eigenvalue weighted by Crippen LogP contribution is -2.13. The Balaban J connectivity index is 1.41. The summed E-state index contributed by atoms with van der Waals surface area (Å²) in [6, 6.07) is 14.7. The SMILES string of the molecule is Cc1csc(Sc2ccc(NC(=O)c3ccccc3OCc3noc(C)n3)cc2)n1. The Bertz CT molecular complexity index is 1160. The summed E-state index contributed by atoms with van der Waals surface area (Å²) < 4.78 is 11.7. The van der Waals surface area contributed by atoms with Gasteiger partial charge in [-0.25, -0.2) is 4.98 Å². The number of para-hydroxylation sites is 1. The third-order valence-corrected chi connectivity index (χ3v) is 6.04. The average molecular weight is 439 g/mol. The van der Waals surface area contributed by atoms with Gasteiger partial charge in [0, 0.05) is 28.6 Å². The van der Waals surface area contributed by atoms with Crippen LogP contribution < -0.4 is 10.1 Å². The van der Waals surface area contributed by atoms with E-state index in [1.807, 2.05) is 36.6 Å². The van der Waals surface area contributed by atoms with E-state index in [1.165, 1.54) is 0 Å². The highest BCUT2D eigenvalue weighted by atomic mass is 32.2.